The third-order valence-electron chi connectivity index (χ3n) is 2.97. The molecule has 1 N–H and O–H groups in total. The number of hydrogen-bond acceptors (Lipinski definition) is 4. The van der Waals surface area contributed by atoms with Gasteiger partial charge in [0.2, 0.25) is 0 Å². The van der Waals surface area contributed by atoms with Gasteiger partial charge >= 0.3 is 0 Å². The molecule has 7 heteroatoms. The number of nitrogens with one attached hydrogen (secondary N) is 1. The SMILES string of the molecule is CS(=O)(=O)c1ccc(CCNC(=O)c2cccnc2)cc1.Cl. The molecule has 2 aromatic rings. The molecule has 0 radical (unpaired) electrons. The van der Waals surface area contributed by atoms with E-state index in [0.717, 1.165) is 5.56 Å². The van der Waals surface area contributed by atoms with Crippen molar-refractivity contribution < 1.29 is 13.2 Å². The Balaban J connectivity index is 0.00000242. The first kappa shape index (κ1) is 18.1. The lowest BCUT2D eigenvalue weighted by Crippen LogP contribution is -2.25. The lowest BCUT2D eigenvalue weighted by Gasteiger charge is -2.06. The standard InChI is InChI=1S/C15H16N2O3S.ClH/c1-21(19,20)14-6-4-12(5-7-14)8-10-17-15(18)13-3-2-9-16-11-13;/h2-7,9,11H,8,10H2,1H3,(H,17,18);1H. The van der Waals surface area contributed by atoms with Crippen molar-refractivity contribution in [2.75, 3.05) is 12.8 Å². The van der Waals surface area contributed by atoms with Gasteiger partial charge in [0.1, 0.15) is 0 Å². The van der Waals surface area contributed by atoms with Crippen LogP contribution in [-0.2, 0) is 16.3 Å². The Bertz CT molecular complexity index is 716. The van der Waals surface area contributed by atoms with Crippen molar-refractivity contribution in [3.63, 3.8) is 0 Å². The zero-order valence-electron chi connectivity index (χ0n) is 12.0. The predicted molar refractivity (Wildman–Crippen MR) is 87.1 cm³/mol. The minimum atomic E-state index is -3.17. The third kappa shape index (κ3) is 5.13. The highest BCUT2D eigenvalue weighted by molar-refractivity contribution is 7.90. The maximum Gasteiger partial charge on any atom is 0.252 e. The highest BCUT2D eigenvalue weighted by Crippen LogP contribution is 2.10. The van der Waals surface area contributed by atoms with Crippen LogP contribution in [0.3, 0.4) is 0 Å². The van der Waals surface area contributed by atoms with Gasteiger partial charge in [-0.25, -0.2) is 8.42 Å². The van der Waals surface area contributed by atoms with Gasteiger partial charge in [-0.15, -0.1) is 12.4 Å². The van der Waals surface area contributed by atoms with Crippen molar-refractivity contribution in [1.82, 2.24) is 10.3 Å². The van der Waals surface area contributed by atoms with Crippen LogP contribution >= 0.6 is 12.4 Å². The van der Waals surface area contributed by atoms with Gasteiger partial charge in [0.15, 0.2) is 9.84 Å². The number of carbonyl (C=O) groups excluding carboxylic acids is 1. The Hall–Kier alpha value is -1.92. The molecule has 0 aliphatic heterocycles. The van der Waals surface area contributed by atoms with Crippen molar-refractivity contribution in [2.45, 2.75) is 11.3 Å². The molecule has 2 rings (SSSR count). The van der Waals surface area contributed by atoms with Crippen molar-refractivity contribution in [3.8, 4) is 0 Å². The smallest absolute Gasteiger partial charge is 0.252 e. The fourth-order valence-electron chi connectivity index (χ4n) is 1.82. The van der Waals surface area contributed by atoms with E-state index in [1.165, 1.54) is 12.5 Å². The molecule has 5 nitrogen and oxygen atoms in total. The van der Waals surface area contributed by atoms with Gasteiger partial charge in [-0.1, -0.05) is 12.1 Å². The van der Waals surface area contributed by atoms with Crippen LogP contribution in [0.1, 0.15) is 15.9 Å². The number of carbonyl (C=O) groups is 1. The van der Waals surface area contributed by atoms with Gasteiger partial charge in [0, 0.05) is 25.2 Å². The normalized spacial score (nSPS) is 10.6. The minimum Gasteiger partial charge on any atom is -0.352 e. The molecule has 1 aromatic carbocycles. The summed E-state index contributed by atoms with van der Waals surface area (Å²) in [5, 5.41) is 2.80. The van der Waals surface area contributed by atoms with Gasteiger partial charge in [-0.05, 0) is 36.2 Å². The Labute approximate surface area is 136 Å². The maximum atomic E-state index is 11.8. The number of pyridine rings is 1. The summed E-state index contributed by atoms with van der Waals surface area (Å²) in [7, 11) is -3.17. The van der Waals surface area contributed by atoms with Gasteiger partial charge in [-0.3, -0.25) is 9.78 Å². The Morgan fingerprint density at radius 2 is 1.86 bits per heavy atom. The van der Waals surface area contributed by atoms with Crippen LogP contribution < -0.4 is 5.32 Å². The molecule has 0 spiro atoms. The van der Waals surface area contributed by atoms with Crippen LogP contribution in [0, 0.1) is 0 Å². The number of hydrogen-bond donors (Lipinski definition) is 1. The average molecular weight is 341 g/mol. The van der Waals surface area contributed by atoms with E-state index in [0.29, 0.717) is 23.4 Å². The molecule has 0 saturated carbocycles. The van der Waals surface area contributed by atoms with Crippen LogP contribution in [0.5, 0.6) is 0 Å². The predicted octanol–water partition coefficient (Wildman–Crippen LogP) is 1.88. The van der Waals surface area contributed by atoms with Crippen molar-refractivity contribution in [2.24, 2.45) is 0 Å². The largest absolute Gasteiger partial charge is 0.352 e. The van der Waals surface area contributed by atoms with Crippen LogP contribution in [-0.4, -0.2) is 32.1 Å². The summed E-state index contributed by atoms with van der Waals surface area (Å²) in [5.74, 6) is -0.171. The van der Waals surface area contributed by atoms with Crippen LogP contribution in [0.15, 0.2) is 53.7 Å². The van der Waals surface area contributed by atoms with Gasteiger partial charge in [0.25, 0.3) is 5.91 Å². The van der Waals surface area contributed by atoms with Crippen molar-refractivity contribution >= 4 is 28.2 Å². The van der Waals surface area contributed by atoms with Crippen molar-refractivity contribution in [3.05, 3.63) is 59.9 Å². The molecule has 1 heterocycles. The molecule has 0 atom stereocenters. The molecule has 0 aliphatic carbocycles. The molecule has 22 heavy (non-hydrogen) atoms. The Morgan fingerprint density at radius 1 is 1.18 bits per heavy atom. The highest BCUT2D eigenvalue weighted by atomic mass is 35.5. The molecular formula is C15H17ClN2O3S. The van der Waals surface area contributed by atoms with Gasteiger partial charge < -0.3 is 5.32 Å². The number of aromatic nitrogens is 1. The number of halogens is 1. The van der Waals surface area contributed by atoms with E-state index in [-0.39, 0.29) is 18.3 Å². The number of nitrogens with zero attached hydrogens (tertiary/aromatic N) is 1. The van der Waals surface area contributed by atoms with Crippen LogP contribution in [0.2, 0.25) is 0 Å². The first-order valence-corrected chi connectivity index (χ1v) is 8.33. The quantitative estimate of drug-likeness (QED) is 0.901. The first-order chi connectivity index (χ1) is 9.97. The number of amides is 1. The van der Waals surface area contributed by atoms with E-state index in [2.05, 4.69) is 10.3 Å². The number of sulfone groups is 1. The molecule has 0 aliphatic rings. The zero-order valence-corrected chi connectivity index (χ0v) is 13.7. The van der Waals surface area contributed by atoms with Crippen LogP contribution in [0.4, 0.5) is 0 Å². The molecule has 0 bridgehead atoms. The topological polar surface area (TPSA) is 76.1 Å². The van der Waals surface area contributed by atoms with E-state index >= 15 is 0 Å². The Kier molecular flexibility index (Phi) is 6.52. The summed E-state index contributed by atoms with van der Waals surface area (Å²) in [5.41, 5.74) is 1.49. The fourth-order valence-corrected chi connectivity index (χ4v) is 2.45. The molecule has 0 saturated heterocycles. The lowest BCUT2D eigenvalue weighted by atomic mass is 10.1. The molecular weight excluding hydrogens is 324 g/mol. The summed E-state index contributed by atoms with van der Waals surface area (Å²) in [6, 6.07) is 10.1. The maximum absolute atomic E-state index is 11.8. The lowest BCUT2D eigenvalue weighted by molar-refractivity contribution is 0.0954. The minimum absolute atomic E-state index is 0. The second-order valence-corrected chi connectivity index (χ2v) is 6.68. The molecule has 1 amide bonds. The molecule has 0 fully saturated rings. The van der Waals surface area contributed by atoms with Gasteiger partial charge in [0.05, 0.1) is 10.5 Å². The summed E-state index contributed by atoms with van der Waals surface area (Å²) in [6.07, 6.45) is 4.93. The van der Waals surface area contributed by atoms with Crippen molar-refractivity contribution in [1.29, 1.82) is 0 Å². The van der Waals surface area contributed by atoms with E-state index in [4.69, 9.17) is 0 Å². The summed E-state index contributed by atoms with van der Waals surface area (Å²) >= 11 is 0. The number of rotatable bonds is 5. The van der Waals surface area contributed by atoms with E-state index in [1.807, 2.05) is 0 Å². The first-order valence-electron chi connectivity index (χ1n) is 6.44. The third-order valence-corrected chi connectivity index (χ3v) is 4.10. The van der Waals surface area contributed by atoms with Gasteiger partial charge in [-0.2, -0.15) is 0 Å². The van der Waals surface area contributed by atoms with E-state index < -0.39 is 9.84 Å². The number of benzene rings is 1. The fraction of sp³-hybridized carbons (Fsp3) is 0.200. The van der Waals surface area contributed by atoms with Crippen LogP contribution in [0.25, 0.3) is 0 Å². The Morgan fingerprint density at radius 3 is 2.41 bits per heavy atom. The second-order valence-electron chi connectivity index (χ2n) is 4.66. The van der Waals surface area contributed by atoms with E-state index in [9.17, 15) is 13.2 Å². The van der Waals surface area contributed by atoms with E-state index in [1.54, 1.807) is 42.6 Å². The second kappa shape index (κ2) is 7.91. The molecule has 1 aromatic heterocycles. The summed E-state index contributed by atoms with van der Waals surface area (Å²) < 4.78 is 22.7. The summed E-state index contributed by atoms with van der Waals surface area (Å²) in [4.78, 5) is 16.0. The zero-order chi connectivity index (χ0) is 15.3. The molecule has 118 valence electrons. The summed E-state index contributed by atoms with van der Waals surface area (Å²) in [6.45, 7) is 0.478. The monoisotopic (exact) mass is 340 g/mol. The average Bonchev–Trinajstić information content (AvgIpc) is 2.47. The highest BCUT2D eigenvalue weighted by Gasteiger charge is 2.07. The molecule has 0 unspecified atom stereocenters.